The van der Waals surface area contributed by atoms with Crippen LogP contribution in [0.5, 0.6) is 0 Å². The summed E-state index contributed by atoms with van der Waals surface area (Å²) < 4.78 is 24.2. The van der Waals surface area contributed by atoms with Gasteiger partial charge in [-0.1, -0.05) is 0 Å². The van der Waals surface area contributed by atoms with Gasteiger partial charge in [-0.15, -0.1) is 0 Å². The van der Waals surface area contributed by atoms with Crippen molar-refractivity contribution in [3.63, 3.8) is 0 Å². The van der Waals surface area contributed by atoms with Gasteiger partial charge in [-0.25, -0.2) is 4.68 Å². The highest BCUT2D eigenvalue weighted by atomic mass is 79.9. The number of nitrogens with zero attached hydrogens (tertiary/aromatic N) is 3. The molecule has 0 unspecified atom stereocenters. The lowest BCUT2D eigenvalue weighted by atomic mass is 10.4. The highest BCUT2D eigenvalue weighted by Crippen LogP contribution is 2.17. The van der Waals surface area contributed by atoms with E-state index in [2.05, 4.69) is 26.0 Å². The Balaban J connectivity index is 2.65. The molecule has 0 saturated heterocycles. The topological polar surface area (TPSA) is 30.7 Å². The van der Waals surface area contributed by atoms with Crippen molar-refractivity contribution in [1.82, 2.24) is 14.8 Å². The van der Waals surface area contributed by atoms with Gasteiger partial charge in [0.05, 0.1) is 16.0 Å². The molecule has 12 heavy (non-hydrogen) atoms. The van der Waals surface area contributed by atoms with Crippen LogP contribution < -0.4 is 0 Å². The third-order valence-electron chi connectivity index (χ3n) is 1.34. The Morgan fingerprint density at radius 2 is 2.50 bits per heavy atom. The fraction of sp³-hybridized carbons (Fsp3) is 0. The van der Waals surface area contributed by atoms with E-state index in [9.17, 15) is 0 Å². The van der Waals surface area contributed by atoms with E-state index in [1.165, 1.54) is 10.9 Å². The molecule has 0 aliphatic heterocycles. The molecule has 0 fully saturated rings. The summed E-state index contributed by atoms with van der Waals surface area (Å²) in [6, 6.07) is 1.52. The Hall–Kier alpha value is -1.16. The van der Waals surface area contributed by atoms with E-state index in [4.69, 9.17) is 4.11 Å². The van der Waals surface area contributed by atoms with Crippen LogP contribution in [0.4, 0.5) is 0 Å². The molecular formula is C8H6BrN3. The van der Waals surface area contributed by atoms with Gasteiger partial charge in [-0.3, -0.25) is 4.98 Å². The molecule has 0 saturated carbocycles. The second-order valence-corrected chi connectivity index (χ2v) is 2.94. The van der Waals surface area contributed by atoms with Gasteiger partial charge < -0.3 is 0 Å². The lowest BCUT2D eigenvalue weighted by Gasteiger charge is -2.01. The molecule has 0 aliphatic carbocycles. The van der Waals surface area contributed by atoms with Crippen molar-refractivity contribution in [1.29, 1.82) is 0 Å². The van der Waals surface area contributed by atoms with Gasteiger partial charge in [0.15, 0.2) is 0 Å². The fourth-order valence-corrected chi connectivity index (χ4v) is 1.21. The first-order chi connectivity index (χ1) is 7.11. The Bertz CT molecular complexity index is 512. The standard InChI is InChI=1S/C8H6BrN3/c9-7-2-4-10-6-8(7)12-5-1-3-11-12/h1-6H/i1D,3D,5D. The molecule has 2 aromatic rings. The number of hydrogen-bond acceptors (Lipinski definition) is 2. The Morgan fingerprint density at radius 1 is 1.58 bits per heavy atom. The summed E-state index contributed by atoms with van der Waals surface area (Å²) >= 11 is 3.29. The molecule has 0 amide bonds. The zero-order chi connectivity index (χ0) is 11.0. The van der Waals surface area contributed by atoms with Crippen LogP contribution >= 0.6 is 15.9 Å². The highest BCUT2D eigenvalue weighted by molar-refractivity contribution is 9.10. The molecule has 0 N–H and O–H groups in total. The maximum absolute atomic E-state index is 7.59. The molecule has 4 heteroatoms. The van der Waals surface area contributed by atoms with Gasteiger partial charge in [0.25, 0.3) is 0 Å². The second kappa shape index (κ2) is 3.06. The van der Waals surface area contributed by atoms with E-state index in [1.54, 1.807) is 12.3 Å². The van der Waals surface area contributed by atoms with Crippen LogP contribution in [0.3, 0.4) is 0 Å². The van der Waals surface area contributed by atoms with Gasteiger partial charge in [0.1, 0.15) is 0 Å². The molecule has 2 aromatic heterocycles. The molecule has 0 aromatic carbocycles. The molecule has 0 radical (unpaired) electrons. The van der Waals surface area contributed by atoms with Gasteiger partial charge in [0, 0.05) is 23.0 Å². The zero-order valence-electron chi connectivity index (χ0n) is 8.95. The summed E-state index contributed by atoms with van der Waals surface area (Å²) in [6.07, 6.45) is 2.79. The predicted octanol–water partition coefficient (Wildman–Crippen LogP) is 2.03. The summed E-state index contributed by atoms with van der Waals surface area (Å²) in [6.45, 7) is 0. The van der Waals surface area contributed by atoms with Gasteiger partial charge in [-0.2, -0.15) is 5.10 Å². The number of aromatic nitrogens is 3. The molecule has 60 valence electrons. The van der Waals surface area contributed by atoms with Crippen LogP contribution in [-0.4, -0.2) is 14.8 Å². The smallest absolute Gasteiger partial charge is 0.0970 e. The Labute approximate surface area is 82.4 Å². The van der Waals surface area contributed by atoms with E-state index in [-0.39, 0.29) is 18.4 Å². The minimum atomic E-state index is -0.212. The number of halogens is 1. The molecular weight excluding hydrogens is 218 g/mol. The number of hydrogen-bond donors (Lipinski definition) is 0. The largest absolute Gasteiger partial charge is 0.262 e. The van der Waals surface area contributed by atoms with Crippen molar-refractivity contribution >= 4 is 15.9 Å². The van der Waals surface area contributed by atoms with Crippen molar-refractivity contribution in [2.24, 2.45) is 0 Å². The second-order valence-electron chi connectivity index (χ2n) is 2.09. The maximum atomic E-state index is 7.59. The van der Waals surface area contributed by atoms with Crippen LogP contribution in [0.25, 0.3) is 5.69 Å². The number of rotatable bonds is 1. The lowest BCUT2D eigenvalue weighted by Crippen LogP contribution is -1.95. The fourth-order valence-electron chi connectivity index (χ4n) is 0.817. The summed E-state index contributed by atoms with van der Waals surface area (Å²) in [5.74, 6) is 0. The minimum absolute atomic E-state index is 0.117. The highest BCUT2D eigenvalue weighted by Gasteiger charge is 1.99. The van der Waals surface area contributed by atoms with Crippen LogP contribution in [0.2, 0.25) is 0 Å². The van der Waals surface area contributed by atoms with E-state index in [0.29, 0.717) is 10.2 Å². The SMILES string of the molecule is [2H]c1nn(-c2cnccc2Br)c([2H])c1[2H]. The maximum Gasteiger partial charge on any atom is 0.0970 e. The summed E-state index contributed by atoms with van der Waals surface area (Å²) in [7, 11) is 0. The van der Waals surface area contributed by atoms with Crippen LogP contribution in [0.15, 0.2) is 41.3 Å². The van der Waals surface area contributed by atoms with E-state index in [0.717, 1.165) is 0 Å². The van der Waals surface area contributed by atoms with Crippen LogP contribution in [-0.2, 0) is 0 Å². The first-order valence-electron chi connectivity index (χ1n) is 4.74. The van der Waals surface area contributed by atoms with Crippen LogP contribution in [0, 0.1) is 0 Å². The van der Waals surface area contributed by atoms with Gasteiger partial charge >= 0.3 is 0 Å². The summed E-state index contributed by atoms with van der Waals surface area (Å²) in [5.41, 5.74) is 0.550. The van der Waals surface area contributed by atoms with E-state index in [1.807, 2.05) is 0 Å². The minimum Gasteiger partial charge on any atom is -0.262 e. The molecule has 2 rings (SSSR count). The molecule has 0 aliphatic rings. The average Bonchev–Trinajstić information content (AvgIpc) is 2.47. The quantitative estimate of drug-likeness (QED) is 0.746. The molecule has 3 nitrogen and oxygen atoms in total. The first-order valence-corrected chi connectivity index (χ1v) is 4.03. The van der Waals surface area contributed by atoms with Crippen molar-refractivity contribution in [3.8, 4) is 5.69 Å². The lowest BCUT2D eigenvalue weighted by molar-refractivity contribution is 0.869. The Kier molecular flexibility index (Phi) is 1.22. The predicted molar refractivity (Wildman–Crippen MR) is 49.1 cm³/mol. The third kappa shape index (κ3) is 1.25. The van der Waals surface area contributed by atoms with Crippen molar-refractivity contribution in [2.75, 3.05) is 0 Å². The first kappa shape index (κ1) is 4.77. The van der Waals surface area contributed by atoms with Gasteiger partial charge in [0.2, 0.25) is 0 Å². The Morgan fingerprint density at radius 3 is 3.17 bits per heavy atom. The van der Waals surface area contributed by atoms with Crippen molar-refractivity contribution in [3.05, 3.63) is 41.3 Å². The van der Waals surface area contributed by atoms with Crippen molar-refractivity contribution < 1.29 is 4.11 Å². The third-order valence-corrected chi connectivity index (χ3v) is 2.01. The number of pyridine rings is 1. The van der Waals surface area contributed by atoms with Crippen LogP contribution in [0.1, 0.15) is 4.11 Å². The van der Waals surface area contributed by atoms with E-state index >= 15 is 0 Å². The molecule has 2 heterocycles. The van der Waals surface area contributed by atoms with Gasteiger partial charge in [-0.05, 0) is 28.0 Å². The average molecular weight is 227 g/mol. The monoisotopic (exact) mass is 226 g/mol. The normalized spacial score (nSPS) is 13.6. The molecule has 0 spiro atoms. The molecule has 0 atom stereocenters. The summed E-state index contributed by atoms with van der Waals surface area (Å²) in [5, 5.41) is 3.78. The van der Waals surface area contributed by atoms with Crippen molar-refractivity contribution in [2.45, 2.75) is 0 Å². The summed E-state index contributed by atoms with van der Waals surface area (Å²) in [4.78, 5) is 3.91. The van der Waals surface area contributed by atoms with E-state index < -0.39 is 0 Å². The zero-order valence-corrected chi connectivity index (χ0v) is 7.54. The molecule has 0 bridgehead atoms.